The largest absolute Gasteiger partial charge is 0.467 e. The molecular weight excluding hydrogens is 240 g/mol. The van der Waals surface area contributed by atoms with Crippen LogP contribution in [0.5, 0.6) is 0 Å². The number of anilines is 1. The Morgan fingerprint density at radius 3 is 2.84 bits per heavy atom. The van der Waals surface area contributed by atoms with Crippen LogP contribution < -0.4 is 10.9 Å². The molecule has 96 valence electrons. The van der Waals surface area contributed by atoms with E-state index in [4.69, 9.17) is 4.42 Å². The molecule has 0 saturated carbocycles. The summed E-state index contributed by atoms with van der Waals surface area (Å²) in [6.45, 7) is 1.98. The summed E-state index contributed by atoms with van der Waals surface area (Å²) in [7, 11) is 0. The average Bonchev–Trinajstić information content (AvgIpc) is 2.93. The average molecular weight is 254 g/mol. The Bertz CT molecular complexity index is 744. The zero-order chi connectivity index (χ0) is 13.2. The van der Waals surface area contributed by atoms with Gasteiger partial charge in [0.15, 0.2) is 0 Å². The van der Waals surface area contributed by atoms with Crippen molar-refractivity contribution < 1.29 is 4.42 Å². The quantitative estimate of drug-likeness (QED) is 0.754. The van der Waals surface area contributed by atoms with Gasteiger partial charge in [-0.2, -0.15) is 0 Å². The lowest BCUT2D eigenvalue weighted by atomic mass is 10.1. The third kappa shape index (κ3) is 2.25. The highest BCUT2D eigenvalue weighted by Crippen LogP contribution is 2.19. The van der Waals surface area contributed by atoms with E-state index in [1.54, 1.807) is 6.26 Å². The fraction of sp³-hybridized carbons (Fsp3) is 0.133. The van der Waals surface area contributed by atoms with Crippen molar-refractivity contribution in [3.05, 3.63) is 64.8 Å². The predicted molar refractivity (Wildman–Crippen MR) is 75.3 cm³/mol. The van der Waals surface area contributed by atoms with Crippen LogP contribution in [0, 0.1) is 0 Å². The Kier molecular flexibility index (Phi) is 2.83. The molecule has 1 atom stereocenters. The molecule has 3 rings (SSSR count). The van der Waals surface area contributed by atoms with E-state index in [-0.39, 0.29) is 11.6 Å². The van der Waals surface area contributed by atoms with E-state index in [1.807, 2.05) is 49.4 Å². The van der Waals surface area contributed by atoms with E-state index < -0.39 is 0 Å². The highest BCUT2D eigenvalue weighted by atomic mass is 16.3. The van der Waals surface area contributed by atoms with Gasteiger partial charge in [0, 0.05) is 5.39 Å². The molecule has 0 amide bonds. The molecule has 0 aliphatic rings. The summed E-state index contributed by atoms with van der Waals surface area (Å²) >= 11 is 0. The molecule has 2 N–H and O–H groups in total. The van der Waals surface area contributed by atoms with Gasteiger partial charge in [0.25, 0.3) is 5.56 Å². The highest BCUT2D eigenvalue weighted by molar-refractivity contribution is 5.83. The third-order valence-corrected chi connectivity index (χ3v) is 3.10. The van der Waals surface area contributed by atoms with Gasteiger partial charge in [0.1, 0.15) is 11.6 Å². The smallest absolute Gasteiger partial charge is 0.257 e. The van der Waals surface area contributed by atoms with E-state index in [0.29, 0.717) is 11.2 Å². The summed E-state index contributed by atoms with van der Waals surface area (Å²) in [5, 5.41) is 4.84. The Balaban J connectivity index is 1.95. The topological polar surface area (TPSA) is 58.0 Å². The minimum atomic E-state index is -0.0905. The van der Waals surface area contributed by atoms with E-state index in [0.717, 1.165) is 11.1 Å². The van der Waals surface area contributed by atoms with Gasteiger partial charge in [-0.05, 0) is 36.6 Å². The van der Waals surface area contributed by atoms with Crippen molar-refractivity contribution in [1.82, 2.24) is 4.98 Å². The summed E-state index contributed by atoms with van der Waals surface area (Å²) < 4.78 is 5.33. The zero-order valence-corrected chi connectivity index (χ0v) is 10.5. The van der Waals surface area contributed by atoms with Crippen LogP contribution in [0.1, 0.15) is 18.7 Å². The lowest BCUT2D eigenvalue weighted by Crippen LogP contribution is -2.13. The molecule has 0 aliphatic heterocycles. The Morgan fingerprint density at radius 2 is 2.05 bits per heavy atom. The van der Waals surface area contributed by atoms with E-state index in [9.17, 15) is 4.79 Å². The van der Waals surface area contributed by atoms with Crippen LogP contribution in [-0.2, 0) is 0 Å². The number of benzene rings is 1. The number of rotatable bonds is 3. The van der Waals surface area contributed by atoms with Crippen LogP contribution in [0.3, 0.4) is 0 Å². The molecular formula is C15H14N2O2. The molecule has 0 fully saturated rings. The zero-order valence-electron chi connectivity index (χ0n) is 10.5. The maximum atomic E-state index is 11.9. The minimum absolute atomic E-state index is 0.00758. The fourth-order valence-corrected chi connectivity index (χ4v) is 2.13. The standard InChI is InChI=1S/C15H14N2O2/c1-10(13-7-4-8-19-13)16-14-9-11-5-2-3-6-12(11)15(18)17-14/h2-10H,1H3,(H2,16,17,18). The number of H-pyrrole nitrogens is 1. The molecule has 0 radical (unpaired) electrons. The highest BCUT2D eigenvalue weighted by Gasteiger charge is 2.09. The van der Waals surface area contributed by atoms with Gasteiger partial charge >= 0.3 is 0 Å². The van der Waals surface area contributed by atoms with E-state index >= 15 is 0 Å². The van der Waals surface area contributed by atoms with Crippen LogP contribution >= 0.6 is 0 Å². The minimum Gasteiger partial charge on any atom is -0.467 e. The van der Waals surface area contributed by atoms with Crippen molar-refractivity contribution in [2.75, 3.05) is 5.32 Å². The summed E-state index contributed by atoms with van der Waals surface area (Å²) in [5.41, 5.74) is -0.0905. The second kappa shape index (κ2) is 4.65. The van der Waals surface area contributed by atoms with E-state index in [2.05, 4.69) is 10.3 Å². The lowest BCUT2D eigenvalue weighted by Gasteiger charge is -2.13. The number of aromatic nitrogens is 1. The molecule has 19 heavy (non-hydrogen) atoms. The summed E-state index contributed by atoms with van der Waals surface area (Å²) in [6.07, 6.45) is 1.64. The second-order valence-corrected chi connectivity index (χ2v) is 4.48. The number of hydrogen-bond donors (Lipinski definition) is 2. The first kappa shape index (κ1) is 11.6. The number of nitrogens with one attached hydrogen (secondary N) is 2. The lowest BCUT2D eigenvalue weighted by molar-refractivity contribution is 0.490. The molecule has 0 spiro atoms. The van der Waals surface area contributed by atoms with Gasteiger partial charge in [-0.3, -0.25) is 4.79 Å². The van der Waals surface area contributed by atoms with Gasteiger partial charge in [-0.1, -0.05) is 18.2 Å². The summed E-state index contributed by atoms with van der Waals surface area (Å²) in [5.74, 6) is 1.52. The maximum absolute atomic E-state index is 11.9. The Morgan fingerprint density at radius 1 is 1.21 bits per heavy atom. The van der Waals surface area contributed by atoms with E-state index in [1.165, 1.54) is 0 Å². The normalized spacial score (nSPS) is 12.5. The Labute approximate surface area is 110 Å². The molecule has 0 saturated heterocycles. The number of aromatic amines is 1. The predicted octanol–water partition coefficient (Wildman–Crippen LogP) is 3.29. The van der Waals surface area contributed by atoms with Crippen molar-refractivity contribution >= 4 is 16.6 Å². The molecule has 2 aromatic heterocycles. The first-order valence-electron chi connectivity index (χ1n) is 6.16. The molecule has 2 heterocycles. The second-order valence-electron chi connectivity index (χ2n) is 4.48. The molecule has 0 bridgehead atoms. The van der Waals surface area contributed by atoms with Crippen molar-refractivity contribution in [3.63, 3.8) is 0 Å². The first-order chi connectivity index (χ1) is 9.24. The van der Waals surface area contributed by atoms with Crippen molar-refractivity contribution in [1.29, 1.82) is 0 Å². The SMILES string of the molecule is CC(Nc1cc2ccccc2c(=O)[nH]1)c1ccco1. The van der Waals surface area contributed by atoms with Crippen LogP contribution in [0.15, 0.2) is 57.9 Å². The van der Waals surface area contributed by atoms with Gasteiger partial charge in [-0.25, -0.2) is 0 Å². The molecule has 1 aromatic carbocycles. The summed E-state index contributed by atoms with van der Waals surface area (Å²) in [4.78, 5) is 14.8. The van der Waals surface area contributed by atoms with Gasteiger partial charge in [0.2, 0.25) is 0 Å². The molecule has 1 unspecified atom stereocenters. The van der Waals surface area contributed by atoms with Gasteiger partial charge in [0.05, 0.1) is 12.3 Å². The number of pyridine rings is 1. The maximum Gasteiger partial charge on any atom is 0.257 e. The van der Waals surface area contributed by atoms with Crippen LogP contribution in [-0.4, -0.2) is 4.98 Å². The fourth-order valence-electron chi connectivity index (χ4n) is 2.13. The number of furan rings is 1. The van der Waals surface area contributed by atoms with Crippen LogP contribution in [0.4, 0.5) is 5.82 Å². The van der Waals surface area contributed by atoms with Crippen molar-refractivity contribution in [2.24, 2.45) is 0 Å². The molecule has 4 nitrogen and oxygen atoms in total. The molecule has 3 aromatic rings. The number of hydrogen-bond acceptors (Lipinski definition) is 3. The van der Waals surface area contributed by atoms with Gasteiger partial charge in [-0.15, -0.1) is 0 Å². The first-order valence-corrected chi connectivity index (χ1v) is 6.16. The van der Waals surface area contributed by atoms with Crippen molar-refractivity contribution in [3.8, 4) is 0 Å². The van der Waals surface area contributed by atoms with Crippen LogP contribution in [0.2, 0.25) is 0 Å². The third-order valence-electron chi connectivity index (χ3n) is 3.10. The van der Waals surface area contributed by atoms with Gasteiger partial charge < -0.3 is 14.7 Å². The molecule has 0 aliphatic carbocycles. The van der Waals surface area contributed by atoms with Crippen molar-refractivity contribution in [2.45, 2.75) is 13.0 Å². The van der Waals surface area contributed by atoms with Crippen LogP contribution in [0.25, 0.3) is 10.8 Å². The molecule has 4 heteroatoms. The Hall–Kier alpha value is -2.49. The summed E-state index contributed by atoms with van der Waals surface area (Å²) in [6, 6.07) is 13.2. The monoisotopic (exact) mass is 254 g/mol. The number of fused-ring (bicyclic) bond motifs is 1.